The van der Waals surface area contributed by atoms with Gasteiger partial charge in [-0.1, -0.05) is 11.8 Å². The summed E-state index contributed by atoms with van der Waals surface area (Å²) in [5.74, 6) is -1.46. The molecule has 12 heteroatoms. The average Bonchev–Trinajstić information content (AvgIpc) is 3.16. The number of thiazole rings is 1. The van der Waals surface area contributed by atoms with Gasteiger partial charge in [-0.25, -0.2) is 9.78 Å². The molecule has 0 saturated heterocycles. The summed E-state index contributed by atoms with van der Waals surface area (Å²) in [6.45, 7) is 1.42. The molecule has 1 aromatic carbocycles. The number of nitriles is 2. The van der Waals surface area contributed by atoms with Gasteiger partial charge in [-0.15, -0.1) is 11.3 Å². The third-order valence-electron chi connectivity index (χ3n) is 3.86. The molecule has 10 nitrogen and oxygen atoms in total. The van der Waals surface area contributed by atoms with Crippen LogP contribution in [0.2, 0.25) is 0 Å². The third-order valence-corrected chi connectivity index (χ3v) is 5.99. The second-order valence-corrected chi connectivity index (χ2v) is 8.21. The second kappa shape index (κ2) is 11.6. The van der Waals surface area contributed by atoms with Crippen LogP contribution in [0.1, 0.15) is 28.9 Å². The number of benzene rings is 1. The van der Waals surface area contributed by atoms with Crippen molar-refractivity contribution in [2.24, 2.45) is 0 Å². The monoisotopic (exact) mass is 459 g/mol. The fourth-order valence-corrected chi connectivity index (χ4v) is 4.27. The van der Waals surface area contributed by atoms with Crippen LogP contribution in [0, 0.1) is 39.7 Å². The molecule has 0 unspecified atom stereocenters. The Bertz CT molecular complexity index is 1040. The molecule has 160 valence electrons. The molecule has 2 aromatic rings. The van der Waals surface area contributed by atoms with Gasteiger partial charge in [0.05, 0.1) is 35.5 Å². The SMILES string of the molecule is Cc1csc(Sc2ccc([N+](=O)[O-])cc2C(=O)OCC(=O)N(CCC#N)CCC#N)n1. The van der Waals surface area contributed by atoms with Gasteiger partial charge in [0.1, 0.15) is 0 Å². The van der Waals surface area contributed by atoms with E-state index < -0.39 is 23.4 Å². The normalized spacial score (nSPS) is 10.0. The van der Waals surface area contributed by atoms with Crippen LogP contribution in [0.15, 0.2) is 32.8 Å². The van der Waals surface area contributed by atoms with Crippen molar-refractivity contribution in [2.75, 3.05) is 19.7 Å². The summed E-state index contributed by atoms with van der Waals surface area (Å²) in [6, 6.07) is 7.63. The highest BCUT2D eigenvalue weighted by atomic mass is 32.2. The molecule has 0 aliphatic rings. The first-order valence-electron chi connectivity index (χ1n) is 8.93. The largest absolute Gasteiger partial charge is 0.452 e. The number of carbonyl (C=O) groups is 2. The summed E-state index contributed by atoms with van der Waals surface area (Å²) in [4.78, 5) is 41.5. The summed E-state index contributed by atoms with van der Waals surface area (Å²) in [5, 5.41) is 30.4. The van der Waals surface area contributed by atoms with Gasteiger partial charge in [0, 0.05) is 41.2 Å². The number of non-ortho nitro benzene ring substituents is 1. The molecule has 0 radical (unpaired) electrons. The molecular formula is C19H17N5O5S2. The maximum Gasteiger partial charge on any atom is 0.340 e. The maximum atomic E-state index is 12.6. The molecule has 31 heavy (non-hydrogen) atoms. The Morgan fingerprint density at radius 1 is 1.29 bits per heavy atom. The van der Waals surface area contributed by atoms with E-state index in [1.54, 1.807) is 0 Å². The van der Waals surface area contributed by atoms with Crippen molar-refractivity contribution in [3.05, 3.63) is 45.0 Å². The van der Waals surface area contributed by atoms with E-state index in [2.05, 4.69) is 4.98 Å². The number of rotatable bonds is 10. The Balaban J connectivity index is 2.17. The molecule has 1 heterocycles. The van der Waals surface area contributed by atoms with Crippen LogP contribution in [0.25, 0.3) is 0 Å². The molecule has 2 rings (SSSR count). The summed E-state index contributed by atoms with van der Waals surface area (Å²) < 4.78 is 5.75. The number of carbonyl (C=O) groups excluding carboxylic acids is 2. The van der Waals surface area contributed by atoms with Gasteiger partial charge < -0.3 is 9.64 Å². The summed E-state index contributed by atoms with van der Waals surface area (Å²) >= 11 is 2.53. The summed E-state index contributed by atoms with van der Waals surface area (Å²) in [7, 11) is 0. The highest BCUT2D eigenvalue weighted by molar-refractivity contribution is 8.01. The van der Waals surface area contributed by atoms with Crippen molar-refractivity contribution < 1.29 is 19.2 Å². The zero-order valence-corrected chi connectivity index (χ0v) is 18.1. The van der Waals surface area contributed by atoms with E-state index in [1.807, 2.05) is 24.4 Å². The average molecular weight is 460 g/mol. The molecule has 0 bridgehead atoms. The number of aryl methyl sites for hydroxylation is 1. The van der Waals surface area contributed by atoms with Gasteiger partial charge in [-0.05, 0) is 13.0 Å². The predicted molar refractivity (Wildman–Crippen MR) is 111 cm³/mol. The molecule has 0 fully saturated rings. The second-order valence-electron chi connectivity index (χ2n) is 6.07. The van der Waals surface area contributed by atoms with Crippen molar-refractivity contribution in [3.8, 4) is 12.1 Å². The smallest absolute Gasteiger partial charge is 0.340 e. The topological polar surface area (TPSA) is 150 Å². The number of nitrogens with zero attached hydrogens (tertiary/aromatic N) is 5. The molecule has 0 N–H and O–H groups in total. The van der Waals surface area contributed by atoms with E-state index in [1.165, 1.54) is 28.4 Å². The summed E-state index contributed by atoms with van der Waals surface area (Å²) in [5.41, 5.74) is 0.460. The van der Waals surface area contributed by atoms with E-state index in [0.717, 1.165) is 23.5 Å². The van der Waals surface area contributed by atoms with Crippen LogP contribution in [0.3, 0.4) is 0 Å². The minimum absolute atomic E-state index is 0.0551. The minimum atomic E-state index is -0.895. The van der Waals surface area contributed by atoms with Crippen molar-refractivity contribution in [2.45, 2.75) is 29.0 Å². The number of aromatic nitrogens is 1. The first-order valence-corrected chi connectivity index (χ1v) is 10.6. The third kappa shape index (κ3) is 7.06. The highest BCUT2D eigenvalue weighted by Gasteiger charge is 2.22. The fourth-order valence-electron chi connectivity index (χ4n) is 2.38. The van der Waals surface area contributed by atoms with Gasteiger partial charge in [-0.3, -0.25) is 14.9 Å². The molecule has 0 atom stereocenters. The maximum absolute atomic E-state index is 12.6. The Labute approximate surface area is 186 Å². The van der Waals surface area contributed by atoms with Crippen molar-refractivity contribution >= 4 is 40.7 Å². The van der Waals surface area contributed by atoms with Crippen LogP contribution in [0.4, 0.5) is 5.69 Å². The van der Waals surface area contributed by atoms with Crippen LogP contribution in [0.5, 0.6) is 0 Å². The molecule has 0 saturated carbocycles. The Morgan fingerprint density at radius 2 is 1.97 bits per heavy atom. The minimum Gasteiger partial charge on any atom is -0.452 e. The first-order chi connectivity index (χ1) is 14.8. The first kappa shape index (κ1) is 23.8. The number of amides is 1. The van der Waals surface area contributed by atoms with E-state index in [4.69, 9.17) is 15.3 Å². The lowest BCUT2D eigenvalue weighted by atomic mass is 10.2. The fraction of sp³-hybridized carbons (Fsp3) is 0.316. The quantitative estimate of drug-likeness (QED) is 0.296. The van der Waals surface area contributed by atoms with Crippen LogP contribution < -0.4 is 0 Å². The number of hydrogen-bond acceptors (Lipinski definition) is 10. The predicted octanol–water partition coefficient (Wildman–Crippen LogP) is 3.32. The molecular weight excluding hydrogens is 442 g/mol. The molecule has 0 aliphatic carbocycles. The van der Waals surface area contributed by atoms with Crippen molar-refractivity contribution in [1.29, 1.82) is 10.5 Å². The van der Waals surface area contributed by atoms with Crippen molar-refractivity contribution in [3.63, 3.8) is 0 Å². The zero-order valence-electron chi connectivity index (χ0n) is 16.4. The van der Waals surface area contributed by atoms with Gasteiger partial charge >= 0.3 is 5.97 Å². The summed E-state index contributed by atoms with van der Waals surface area (Å²) in [6.07, 6.45) is 0.147. The highest BCUT2D eigenvalue weighted by Crippen LogP contribution is 2.34. The molecule has 1 aromatic heterocycles. The number of nitro groups is 1. The van der Waals surface area contributed by atoms with E-state index in [0.29, 0.717) is 9.24 Å². The number of esters is 1. The lowest BCUT2D eigenvalue weighted by Gasteiger charge is -2.20. The van der Waals surface area contributed by atoms with Gasteiger partial charge in [0.15, 0.2) is 10.9 Å². The van der Waals surface area contributed by atoms with E-state index >= 15 is 0 Å². The van der Waals surface area contributed by atoms with Crippen molar-refractivity contribution in [1.82, 2.24) is 9.88 Å². The van der Waals surface area contributed by atoms with Crippen LogP contribution >= 0.6 is 23.1 Å². The van der Waals surface area contributed by atoms with Gasteiger partial charge in [0.25, 0.3) is 11.6 Å². The van der Waals surface area contributed by atoms with Gasteiger partial charge in [-0.2, -0.15) is 10.5 Å². The zero-order chi connectivity index (χ0) is 22.8. The Kier molecular flexibility index (Phi) is 8.94. The molecule has 0 aliphatic heterocycles. The van der Waals surface area contributed by atoms with Crippen LogP contribution in [-0.4, -0.2) is 46.4 Å². The van der Waals surface area contributed by atoms with Crippen LogP contribution in [-0.2, 0) is 9.53 Å². The lowest BCUT2D eigenvalue weighted by Crippen LogP contribution is -2.36. The molecule has 0 spiro atoms. The Morgan fingerprint density at radius 3 is 2.52 bits per heavy atom. The van der Waals surface area contributed by atoms with E-state index in [9.17, 15) is 19.7 Å². The van der Waals surface area contributed by atoms with E-state index in [-0.39, 0.29) is 37.2 Å². The number of nitro benzene ring substituents is 1. The number of ether oxygens (including phenoxy) is 1. The Hall–Kier alpha value is -3.48. The lowest BCUT2D eigenvalue weighted by molar-refractivity contribution is -0.384. The standard InChI is InChI=1S/C19H17N5O5S2/c1-13-12-30-19(22-13)31-16-5-4-14(24(27)28)10-15(16)18(26)29-11-17(25)23(8-2-6-20)9-3-7-21/h4-5,10,12H,2-3,8-9,11H2,1H3. The molecule has 1 amide bonds. The van der Waals surface area contributed by atoms with Gasteiger partial charge in [0.2, 0.25) is 0 Å². The number of hydrogen-bond donors (Lipinski definition) is 0.